The van der Waals surface area contributed by atoms with Gasteiger partial charge in [0.05, 0.1) is 5.54 Å². The molecule has 0 aliphatic heterocycles. The molecule has 0 aromatic carbocycles. The molecule has 0 amide bonds. The first-order valence-electron chi connectivity index (χ1n) is 5.49. The second-order valence-electron chi connectivity index (χ2n) is 4.73. The van der Waals surface area contributed by atoms with Crippen LogP contribution < -0.4 is 5.73 Å². The van der Waals surface area contributed by atoms with Crippen LogP contribution in [0.5, 0.6) is 0 Å². The third-order valence-electron chi connectivity index (χ3n) is 2.95. The Morgan fingerprint density at radius 2 is 2.13 bits per heavy atom. The molecule has 1 aromatic heterocycles. The van der Waals surface area contributed by atoms with Gasteiger partial charge in [-0.1, -0.05) is 12.8 Å². The highest BCUT2D eigenvalue weighted by atomic mass is 32.1. The molecular formula is C11H19N3S. The topological polar surface area (TPSA) is 42.2 Å². The number of nitrogens with zero attached hydrogens (tertiary/aromatic N) is 2. The van der Waals surface area contributed by atoms with Crippen molar-refractivity contribution in [3.8, 4) is 0 Å². The number of hydrogen-bond donors (Lipinski definition) is 1. The van der Waals surface area contributed by atoms with Gasteiger partial charge in [-0.3, -0.25) is 0 Å². The van der Waals surface area contributed by atoms with Gasteiger partial charge in [0.25, 0.3) is 0 Å². The van der Waals surface area contributed by atoms with Crippen LogP contribution in [0.4, 0.5) is 0 Å². The zero-order valence-electron chi connectivity index (χ0n) is 9.49. The second kappa shape index (κ2) is 4.20. The predicted octanol–water partition coefficient (Wildman–Crippen LogP) is 1.93. The number of hydrogen-bond acceptors (Lipinski definition) is 4. The van der Waals surface area contributed by atoms with Gasteiger partial charge in [-0.15, -0.1) is 11.3 Å². The van der Waals surface area contributed by atoms with Crippen LogP contribution in [-0.2, 0) is 12.1 Å². The minimum Gasteiger partial charge on any atom is -0.319 e. The Morgan fingerprint density at radius 3 is 2.73 bits per heavy atom. The van der Waals surface area contributed by atoms with Gasteiger partial charge in [0, 0.05) is 17.6 Å². The molecule has 0 saturated heterocycles. The van der Waals surface area contributed by atoms with Gasteiger partial charge in [0.1, 0.15) is 5.01 Å². The SMILES string of the molecule is CN(C)Cc1cnc(C2(N)CCCC2)s1. The molecule has 2 rings (SSSR count). The lowest BCUT2D eigenvalue weighted by molar-refractivity contribution is 0.406. The van der Waals surface area contributed by atoms with Crippen LogP contribution in [0.3, 0.4) is 0 Å². The maximum absolute atomic E-state index is 6.36. The van der Waals surface area contributed by atoms with Crippen molar-refractivity contribution in [3.63, 3.8) is 0 Å². The zero-order chi connectivity index (χ0) is 10.9. The average Bonchev–Trinajstić information content (AvgIpc) is 2.74. The summed E-state index contributed by atoms with van der Waals surface area (Å²) in [5.41, 5.74) is 6.24. The van der Waals surface area contributed by atoms with Gasteiger partial charge in [-0.05, 0) is 26.9 Å². The summed E-state index contributed by atoms with van der Waals surface area (Å²) in [6.07, 6.45) is 6.68. The Balaban J connectivity index is 2.12. The van der Waals surface area contributed by atoms with E-state index in [1.54, 1.807) is 11.3 Å². The molecule has 15 heavy (non-hydrogen) atoms. The second-order valence-corrected chi connectivity index (χ2v) is 5.85. The largest absolute Gasteiger partial charge is 0.319 e. The van der Waals surface area contributed by atoms with Crippen molar-refractivity contribution in [1.29, 1.82) is 0 Å². The molecule has 1 aliphatic carbocycles. The third-order valence-corrected chi connectivity index (χ3v) is 4.15. The van der Waals surface area contributed by atoms with E-state index in [9.17, 15) is 0 Å². The molecule has 0 radical (unpaired) electrons. The molecule has 84 valence electrons. The van der Waals surface area contributed by atoms with Crippen molar-refractivity contribution >= 4 is 11.3 Å². The summed E-state index contributed by atoms with van der Waals surface area (Å²) in [6.45, 7) is 0.966. The van der Waals surface area contributed by atoms with Gasteiger partial charge in [-0.25, -0.2) is 4.98 Å². The molecule has 0 bridgehead atoms. The van der Waals surface area contributed by atoms with E-state index in [1.165, 1.54) is 17.7 Å². The van der Waals surface area contributed by atoms with Crippen molar-refractivity contribution in [3.05, 3.63) is 16.1 Å². The van der Waals surface area contributed by atoms with Gasteiger partial charge in [0.2, 0.25) is 0 Å². The highest BCUT2D eigenvalue weighted by Crippen LogP contribution is 2.38. The summed E-state index contributed by atoms with van der Waals surface area (Å²) < 4.78 is 0. The van der Waals surface area contributed by atoms with Gasteiger partial charge in [-0.2, -0.15) is 0 Å². The average molecular weight is 225 g/mol. The first-order valence-corrected chi connectivity index (χ1v) is 6.31. The summed E-state index contributed by atoms with van der Waals surface area (Å²) in [6, 6.07) is 0. The lowest BCUT2D eigenvalue weighted by Crippen LogP contribution is -2.32. The van der Waals surface area contributed by atoms with E-state index in [2.05, 4.69) is 24.0 Å². The first-order chi connectivity index (χ1) is 7.10. The Labute approximate surface area is 95.3 Å². The van der Waals surface area contributed by atoms with Crippen molar-refractivity contribution in [2.24, 2.45) is 5.73 Å². The number of rotatable bonds is 3. The van der Waals surface area contributed by atoms with E-state index >= 15 is 0 Å². The summed E-state index contributed by atoms with van der Waals surface area (Å²) in [7, 11) is 4.15. The fraction of sp³-hybridized carbons (Fsp3) is 0.727. The van der Waals surface area contributed by atoms with Crippen LogP contribution in [0.15, 0.2) is 6.20 Å². The Bertz CT molecular complexity index is 326. The third kappa shape index (κ3) is 2.38. The number of aromatic nitrogens is 1. The molecule has 1 fully saturated rings. The highest BCUT2D eigenvalue weighted by molar-refractivity contribution is 7.11. The molecule has 2 N–H and O–H groups in total. The number of nitrogens with two attached hydrogens (primary N) is 1. The molecule has 1 heterocycles. The Kier molecular flexibility index (Phi) is 3.09. The van der Waals surface area contributed by atoms with Crippen molar-refractivity contribution in [2.45, 2.75) is 37.8 Å². The summed E-state index contributed by atoms with van der Waals surface area (Å²) in [5, 5.41) is 1.14. The van der Waals surface area contributed by atoms with Crippen LogP contribution in [0, 0.1) is 0 Å². The maximum atomic E-state index is 6.36. The molecular weight excluding hydrogens is 206 g/mol. The van der Waals surface area contributed by atoms with E-state index < -0.39 is 0 Å². The minimum absolute atomic E-state index is 0.116. The molecule has 4 heteroatoms. The van der Waals surface area contributed by atoms with Gasteiger partial charge in [0.15, 0.2) is 0 Å². The molecule has 1 saturated carbocycles. The van der Waals surface area contributed by atoms with Crippen molar-refractivity contribution in [1.82, 2.24) is 9.88 Å². The normalized spacial score (nSPS) is 20.0. The maximum Gasteiger partial charge on any atom is 0.113 e. The molecule has 0 atom stereocenters. The van der Waals surface area contributed by atoms with E-state index in [0.717, 1.165) is 24.4 Å². The van der Waals surface area contributed by atoms with Crippen molar-refractivity contribution < 1.29 is 0 Å². The zero-order valence-corrected chi connectivity index (χ0v) is 10.3. The molecule has 1 aromatic rings. The highest BCUT2D eigenvalue weighted by Gasteiger charge is 2.33. The minimum atomic E-state index is -0.116. The fourth-order valence-corrected chi connectivity index (χ4v) is 3.33. The van der Waals surface area contributed by atoms with Crippen LogP contribution in [-0.4, -0.2) is 24.0 Å². The smallest absolute Gasteiger partial charge is 0.113 e. The predicted molar refractivity (Wildman–Crippen MR) is 63.8 cm³/mol. The lowest BCUT2D eigenvalue weighted by Gasteiger charge is -2.19. The Hall–Kier alpha value is -0.450. The Morgan fingerprint density at radius 1 is 1.47 bits per heavy atom. The lowest BCUT2D eigenvalue weighted by atomic mass is 10.0. The monoisotopic (exact) mass is 225 g/mol. The van der Waals surface area contributed by atoms with Crippen LogP contribution >= 0.6 is 11.3 Å². The van der Waals surface area contributed by atoms with E-state index in [0.29, 0.717) is 0 Å². The standard InChI is InChI=1S/C11H19N3S/c1-14(2)8-9-7-13-10(15-9)11(12)5-3-4-6-11/h7H,3-6,8,12H2,1-2H3. The first kappa shape index (κ1) is 11.0. The fourth-order valence-electron chi connectivity index (χ4n) is 2.14. The summed E-state index contributed by atoms with van der Waals surface area (Å²) >= 11 is 1.78. The van der Waals surface area contributed by atoms with E-state index in [-0.39, 0.29) is 5.54 Å². The molecule has 0 unspecified atom stereocenters. The summed E-state index contributed by atoms with van der Waals surface area (Å²) in [4.78, 5) is 7.96. The molecule has 3 nitrogen and oxygen atoms in total. The summed E-state index contributed by atoms with van der Waals surface area (Å²) in [5.74, 6) is 0. The van der Waals surface area contributed by atoms with E-state index in [4.69, 9.17) is 5.73 Å². The van der Waals surface area contributed by atoms with Crippen LogP contribution in [0.1, 0.15) is 35.6 Å². The van der Waals surface area contributed by atoms with Gasteiger partial charge < -0.3 is 10.6 Å². The van der Waals surface area contributed by atoms with Crippen LogP contribution in [0.2, 0.25) is 0 Å². The van der Waals surface area contributed by atoms with E-state index in [1.807, 2.05) is 6.20 Å². The van der Waals surface area contributed by atoms with Crippen LogP contribution in [0.25, 0.3) is 0 Å². The van der Waals surface area contributed by atoms with Crippen molar-refractivity contribution in [2.75, 3.05) is 14.1 Å². The quantitative estimate of drug-likeness (QED) is 0.854. The molecule has 1 aliphatic rings. The van der Waals surface area contributed by atoms with Gasteiger partial charge >= 0.3 is 0 Å². The number of thiazole rings is 1. The molecule has 0 spiro atoms.